The largest absolute Gasteiger partial charge is 0.317 e. The van der Waals surface area contributed by atoms with Crippen LogP contribution >= 0.6 is 38.9 Å². The van der Waals surface area contributed by atoms with Gasteiger partial charge in [0.25, 0.3) is 0 Å². The standard InChI is InChI=1S/C8H6BrClN4S/c9-4-3-13-8(10)14-6(4)5(11)7-12-1-2-15-7/h1-3,5H,11H2. The summed E-state index contributed by atoms with van der Waals surface area (Å²) in [5.74, 6) is 0. The third-order valence-electron chi connectivity index (χ3n) is 1.75. The van der Waals surface area contributed by atoms with Crippen molar-refractivity contribution in [3.05, 3.63) is 38.2 Å². The van der Waals surface area contributed by atoms with Gasteiger partial charge in [0.1, 0.15) is 11.0 Å². The molecule has 0 saturated carbocycles. The maximum Gasteiger partial charge on any atom is 0.222 e. The molecule has 2 rings (SSSR count). The van der Waals surface area contributed by atoms with E-state index < -0.39 is 0 Å². The number of hydrogen-bond acceptors (Lipinski definition) is 5. The summed E-state index contributed by atoms with van der Waals surface area (Å²) >= 11 is 10.5. The fourth-order valence-electron chi connectivity index (χ4n) is 1.08. The molecule has 15 heavy (non-hydrogen) atoms. The highest BCUT2D eigenvalue weighted by Gasteiger charge is 2.17. The van der Waals surface area contributed by atoms with E-state index in [4.69, 9.17) is 17.3 Å². The lowest BCUT2D eigenvalue weighted by Crippen LogP contribution is -2.14. The van der Waals surface area contributed by atoms with Crippen LogP contribution in [0.2, 0.25) is 5.28 Å². The normalized spacial score (nSPS) is 12.7. The molecule has 2 aromatic rings. The Morgan fingerprint density at radius 3 is 2.93 bits per heavy atom. The molecular weight excluding hydrogens is 300 g/mol. The molecule has 0 radical (unpaired) electrons. The van der Waals surface area contributed by atoms with E-state index in [0.717, 1.165) is 9.48 Å². The minimum absolute atomic E-state index is 0.181. The molecule has 0 aliphatic carbocycles. The van der Waals surface area contributed by atoms with Crippen molar-refractivity contribution in [2.24, 2.45) is 5.73 Å². The highest BCUT2D eigenvalue weighted by atomic mass is 79.9. The highest BCUT2D eigenvalue weighted by molar-refractivity contribution is 9.10. The predicted molar refractivity (Wildman–Crippen MR) is 62.9 cm³/mol. The summed E-state index contributed by atoms with van der Waals surface area (Å²) in [5, 5.41) is 2.84. The molecule has 2 aromatic heterocycles. The van der Waals surface area contributed by atoms with Crippen LogP contribution in [0.1, 0.15) is 16.7 Å². The summed E-state index contributed by atoms with van der Waals surface area (Å²) in [4.78, 5) is 12.0. The van der Waals surface area contributed by atoms with Gasteiger partial charge in [-0.25, -0.2) is 15.0 Å². The zero-order valence-corrected chi connectivity index (χ0v) is 10.6. The maximum atomic E-state index is 6.00. The van der Waals surface area contributed by atoms with E-state index in [-0.39, 0.29) is 11.3 Å². The molecule has 0 bridgehead atoms. The van der Waals surface area contributed by atoms with Crippen LogP contribution in [-0.2, 0) is 0 Å². The first kappa shape index (κ1) is 10.9. The van der Waals surface area contributed by atoms with E-state index in [1.54, 1.807) is 12.4 Å². The number of hydrogen-bond donors (Lipinski definition) is 1. The SMILES string of the molecule is NC(c1nccs1)c1nc(Cl)ncc1Br. The van der Waals surface area contributed by atoms with E-state index in [1.807, 2.05) is 5.38 Å². The van der Waals surface area contributed by atoms with Crippen LogP contribution in [0.5, 0.6) is 0 Å². The molecule has 4 nitrogen and oxygen atoms in total. The fraction of sp³-hybridized carbons (Fsp3) is 0.125. The first-order valence-electron chi connectivity index (χ1n) is 4.01. The molecule has 7 heteroatoms. The molecule has 0 aliphatic rings. The summed E-state index contributed by atoms with van der Waals surface area (Å²) in [7, 11) is 0. The maximum absolute atomic E-state index is 6.00. The highest BCUT2D eigenvalue weighted by Crippen LogP contribution is 2.26. The Bertz CT molecular complexity index is 462. The molecule has 0 aliphatic heterocycles. The molecule has 2 heterocycles. The molecule has 1 unspecified atom stereocenters. The van der Waals surface area contributed by atoms with Crippen molar-refractivity contribution in [3.8, 4) is 0 Å². The lowest BCUT2D eigenvalue weighted by atomic mass is 10.2. The quantitative estimate of drug-likeness (QED) is 0.865. The number of thiazole rings is 1. The predicted octanol–water partition coefficient (Wildman–Crippen LogP) is 2.40. The van der Waals surface area contributed by atoms with Crippen molar-refractivity contribution >= 4 is 38.9 Å². The Balaban J connectivity index is 2.41. The van der Waals surface area contributed by atoms with Gasteiger partial charge in [-0.2, -0.15) is 0 Å². The minimum atomic E-state index is -0.375. The van der Waals surface area contributed by atoms with Gasteiger partial charge in [0.15, 0.2) is 0 Å². The van der Waals surface area contributed by atoms with Crippen molar-refractivity contribution in [2.75, 3.05) is 0 Å². The van der Waals surface area contributed by atoms with E-state index in [2.05, 4.69) is 30.9 Å². The number of halogens is 2. The number of rotatable bonds is 2. The van der Waals surface area contributed by atoms with Crippen molar-refractivity contribution in [2.45, 2.75) is 6.04 Å². The van der Waals surface area contributed by atoms with Crippen LogP contribution in [0.15, 0.2) is 22.2 Å². The van der Waals surface area contributed by atoms with Gasteiger partial charge in [0.2, 0.25) is 5.28 Å². The molecule has 0 spiro atoms. The fourth-order valence-corrected chi connectivity index (χ4v) is 2.30. The summed E-state index contributed by atoms with van der Waals surface area (Å²) in [5.41, 5.74) is 6.64. The van der Waals surface area contributed by atoms with Crippen molar-refractivity contribution in [1.82, 2.24) is 15.0 Å². The van der Waals surface area contributed by atoms with E-state index in [9.17, 15) is 0 Å². The van der Waals surface area contributed by atoms with Gasteiger partial charge in [0, 0.05) is 17.8 Å². The van der Waals surface area contributed by atoms with Gasteiger partial charge < -0.3 is 5.73 Å². The summed E-state index contributed by atoms with van der Waals surface area (Å²) < 4.78 is 0.731. The van der Waals surface area contributed by atoms with Crippen LogP contribution in [0, 0.1) is 0 Å². The molecule has 78 valence electrons. The molecule has 1 atom stereocenters. The zero-order valence-electron chi connectivity index (χ0n) is 7.39. The number of aromatic nitrogens is 3. The van der Waals surface area contributed by atoms with Crippen molar-refractivity contribution in [3.63, 3.8) is 0 Å². The smallest absolute Gasteiger partial charge is 0.222 e. The van der Waals surface area contributed by atoms with Crippen LogP contribution in [0.3, 0.4) is 0 Å². The Hall–Kier alpha value is -0.560. The third-order valence-corrected chi connectivity index (χ3v) is 3.41. The second kappa shape index (κ2) is 4.52. The Kier molecular flexibility index (Phi) is 3.30. The molecule has 0 aromatic carbocycles. The number of nitrogens with two attached hydrogens (primary N) is 1. The Labute approximate surface area is 104 Å². The van der Waals surface area contributed by atoms with Crippen LogP contribution < -0.4 is 5.73 Å². The Morgan fingerprint density at radius 2 is 2.27 bits per heavy atom. The second-order valence-corrected chi connectivity index (χ2v) is 4.84. The minimum Gasteiger partial charge on any atom is -0.317 e. The average molecular weight is 306 g/mol. The summed E-state index contributed by atoms with van der Waals surface area (Å²) in [6.07, 6.45) is 3.29. The van der Waals surface area contributed by atoms with E-state index >= 15 is 0 Å². The lowest BCUT2D eigenvalue weighted by molar-refractivity contribution is 0.803. The lowest BCUT2D eigenvalue weighted by Gasteiger charge is -2.09. The monoisotopic (exact) mass is 304 g/mol. The van der Waals surface area contributed by atoms with Crippen LogP contribution in [0.25, 0.3) is 0 Å². The zero-order chi connectivity index (χ0) is 10.8. The third kappa shape index (κ3) is 2.34. The van der Waals surface area contributed by atoms with Gasteiger partial charge >= 0.3 is 0 Å². The molecule has 0 amide bonds. The van der Waals surface area contributed by atoms with E-state index in [0.29, 0.717) is 5.69 Å². The van der Waals surface area contributed by atoms with Gasteiger partial charge in [-0.05, 0) is 27.5 Å². The van der Waals surface area contributed by atoms with Crippen molar-refractivity contribution < 1.29 is 0 Å². The van der Waals surface area contributed by atoms with Gasteiger partial charge in [-0.15, -0.1) is 11.3 Å². The molecule has 0 saturated heterocycles. The summed E-state index contributed by atoms with van der Waals surface area (Å²) in [6.45, 7) is 0. The Morgan fingerprint density at radius 1 is 1.47 bits per heavy atom. The van der Waals surface area contributed by atoms with Gasteiger partial charge in [-0.1, -0.05) is 0 Å². The first-order chi connectivity index (χ1) is 7.18. The van der Waals surface area contributed by atoms with Gasteiger partial charge in [0.05, 0.1) is 10.2 Å². The molecule has 0 fully saturated rings. The van der Waals surface area contributed by atoms with E-state index in [1.165, 1.54) is 11.3 Å². The summed E-state index contributed by atoms with van der Waals surface area (Å²) in [6, 6.07) is -0.375. The second-order valence-electron chi connectivity index (χ2n) is 2.72. The average Bonchev–Trinajstić information content (AvgIpc) is 2.74. The topological polar surface area (TPSA) is 64.7 Å². The van der Waals surface area contributed by atoms with Crippen molar-refractivity contribution in [1.29, 1.82) is 0 Å². The molecule has 2 N–H and O–H groups in total. The first-order valence-corrected chi connectivity index (χ1v) is 6.06. The van der Waals surface area contributed by atoms with Crippen LogP contribution in [0.4, 0.5) is 0 Å². The molecular formula is C8H6BrClN4S. The number of nitrogens with zero attached hydrogens (tertiary/aromatic N) is 3. The van der Waals surface area contributed by atoms with Gasteiger partial charge in [-0.3, -0.25) is 0 Å². The van der Waals surface area contributed by atoms with Crippen LogP contribution in [-0.4, -0.2) is 15.0 Å².